The van der Waals surface area contributed by atoms with Gasteiger partial charge in [0.15, 0.2) is 0 Å². The van der Waals surface area contributed by atoms with Gasteiger partial charge in [0.2, 0.25) is 0 Å². The second kappa shape index (κ2) is 15.7. The van der Waals surface area contributed by atoms with Gasteiger partial charge in [0.05, 0.1) is 0 Å². The van der Waals surface area contributed by atoms with Crippen molar-refractivity contribution in [2.24, 2.45) is 0 Å². The molecule has 0 nitrogen and oxygen atoms in total. The van der Waals surface area contributed by atoms with Crippen molar-refractivity contribution in [2.75, 3.05) is 0 Å². The largest absolute Gasteiger partial charge is 0 e. The third kappa shape index (κ3) is 9.68. The summed E-state index contributed by atoms with van der Waals surface area (Å²) in [5, 5.41) is 0. The van der Waals surface area contributed by atoms with Crippen LogP contribution in [0.3, 0.4) is 0 Å². The van der Waals surface area contributed by atoms with E-state index in [1.165, 1.54) is 0 Å². The van der Waals surface area contributed by atoms with Gasteiger partial charge in [-0.05, 0) is 0 Å². The number of rotatable bonds is 0. The van der Waals surface area contributed by atoms with Crippen molar-refractivity contribution < 1.29 is 42.8 Å². The van der Waals surface area contributed by atoms with Crippen LogP contribution in [-0.2, 0) is 42.8 Å². The van der Waals surface area contributed by atoms with Crippen LogP contribution in [0.5, 0.6) is 0 Å². The first-order valence-corrected chi connectivity index (χ1v) is 0. The fraction of sp³-hybridized carbons (Fsp3) is 0. The molecule has 0 rings (SSSR count). The number of hydrogen-bond donors (Lipinski definition) is 0. The summed E-state index contributed by atoms with van der Waals surface area (Å²) < 4.78 is 0. The first kappa shape index (κ1) is 23.7. The Labute approximate surface area is 133 Å². The van der Waals surface area contributed by atoms with Crippen LogP contribution in [0.15, 0.2) is 0 Å². The average Bonchev–Trinajstić information content (AvgIpc) is 0. The van der Waals surface area contributed by atoms with E-state index in [1.54, 1.807) is 0 Å². The predicted molar refractivity (Wildman–Crippen MR) is 17.1 cm³/mol. The zero-order valence-corrected chi connectivity index (χ0v) is 5.40. The molecule has 0 aromatic heterocycles. The minimum atomic E-state index is 0. The molecule has 0 aliphatic carbocycles. The second-order valence-corrected chi connectivity index (χ2v) is 0. The van der Waals surface area contributed by atoms with E-state index in [-0.39, 0.29) is 137 Å². The molecule has 0 aromatic carbocycles. The molecule has 0 aromatic rings. The van der Waals surface area contributed by atoms with E-state index in [0.29, 0.717) is 0 Å². The van der Waals surface area contributed by atoms with Gasteiger partial charge in [-0.2, -0.15) is 0 Å². The smallest absolute Gasteiger partial charge is 0 e. The normalized spacial score (nSPS) is 0. The van der Waals surface area contributed by atoms with E-state index < -0.39 is 0 Å². The molecule has 0 saturated heterocycles. The summed E-state index contributed by atoms with van der Waals surface area (Å²) in [5.74, 6) is 0. The Morgan fingerprint density at radius 1 is 1.00 bits per heavy atom. The Hall–Kier alpha value is 4.45. The Balaban J connectivity index is 0. The summed E-state index contributed by atoms with van der Waals surface area (Å²) in [6, 6.07) is 0. The van der Waals surface area contributed by atoms with Gasteiger partial charge in [0, 0.05) is 42.8 Å². The first-order chi connectivity index (χ1) is 0. The quantitative estimate of drug-likeness (QED) is 0.373. The maximum Gasteiger partial charge on any atom is 0 e. The van der Waals surface area contributed by atoms with E-state index in [9.17, 15) is 0 Å². The summed E-state index contributed by atoms with van der Waals surface area (Å²) in [6.07, 6.45) is 0. The fourth-order valence-corrected chi connectivity index (χ4v) is 0. The Morgan fingerprint density at radius 2 is 1.00 bits per heavy atom. The molecule has 0 fully saturated rings. The Morgan fingerprint density at radius 3 is 1.00 bits per heavy atom. The molecule has 0 heterocycles. The van der Waals surface area contributed by atoms with Gasteiger partial charge in [-0.15, -0.1) is 0 Å². The van der Waals surface area contributed by atoms with Crippen LogP contribution in [0, 0.1) is 0 Å². The van der Waals surface area contributed by atoms with Gasteiger partial charge in [0.25, 0.3) is 0 Å². The molecule has 0 saturated carbocycles. The summed E-state index contributed by atoms with van der Waals surface area (Å²) in [4.78, 5) is 0. The molecule has 0 atom stereocenters. The van der Waals surface area contributed by atoms with Crippen molar-refractivity contribution in [3.63, 3.8) is 0 Å². The Bertz CT molecular complexity index is 8.00. The Kier molecular flexibility index (Phi) is 92.6. The van der Waals surface area contributed by atoms with E-state index in [0.717, 1.165) is 0 Å². The minimum Gasteiger partial charge on any atom is 0 e. The van der Waals surface area contributed by atoms with E-state index in [4.69, 9.17) is 0 Å². The molecular formula is H4BaSrTiW. The maximum absolute atomic E-state index is 0. The number of hydrogen-bond acceptors (Lipinski definition) is 0. The molecule has 0 bridgehead atoms. The van der Waals surface area contributed by atoms with Crippen LogP contribution >= 0.6 is 0 Å². The molecule has 18 valence electrons. The van der Waals surface area contributed by atoms with Crippen LogP contribution < -0.4 is 0 Å². The van der Waals surface area contributed by atoms with Gasteiger partial charge < -0.3 is 0 Å². The third-order valence-electron chi connectivity index (χ3n) is 0. The zero-order chi connectivity index (χ0) is 0. The molecule has 0 spiro atoms. The molecule has 4 heteroatoms. The summed E-state index contributed by atoms with van der Waals surface area (Å²) in [7, 11) is 0. The monoisotopic (exact) mass is 462 g/mol. The van der Waals surface area contributed by atoms with E-state index in [2.05, 4.69) is 0 Å². The van der Waals surface area contributed by atoms with Crippen molar-refractivity contribution >= 4 is 94.4 Å². The van der Waals surface area contributed by atoms with E-state index in [1.807, 2.05) is 0 Å². The van der Waals surface area contributed by atoms with Crippen LogP contribution in [-0.4, -0.2) is 94.4 Å². The summed E-state index contributed by atoms with van der Waals surface area (Å²) in [5.41, 5.74) is 0. The molecule has 0 radical (unpaired) electrons. The van der Waals surface area contributed by atoms with Gasteiger partial charge in [-0.1, -0.05) is 0 Å². The first-order valence-electron chi connectivity index (χ1n) is 0. The standard InChI is InChI=1S/Ba.Sr.Ti.W.4H. The zero-order valence-electron chi connectivity index (χ0n) is 0.908. The van der Waals surface area contributed by atoms with Crippen molar-refractivity contribution in [1.82, 2.24) is 0 Å². The van der Waals surface area contributed by atoms with Gasteiger partial charge in [-0.3, -0.25) is 0 Å². The molecule has 4 heavy (non-hydrogen) atoms. The van der Waals surface area contributed by atoms with Crippen LogP contribution in [0.2, 0.25) is 0 Å². The minimum absolute atomic E-state index is 0. The summed E-state index contributed by atoms with van der Waals surface area (Å²) >= 11 is 0. The van der Waals surface area contributed by atoms with Gasteiger partial charge in [-0.25, -0.2) is 0 Å². The van der Waals surface area contributed by atoms with Gasteiger partial charge in [0.1, 0.15) is 0 Å². The topological polar surface area (TPSA) is 0 Å². The van der Waals surface area contributed by atoms with Crippen molar-refractivity contribution in [2.45, 2.75) is 0 Å². The molecular weight excluding hydrogens is 457 g/mol. The van der Waals surface area contributed by atoms with Crippen LogP contribution in [0.1, 0.15) is 0 Å². The molecule has 0 unspecified atom stereocenters. The average molecular weight is 461 g/mol. The second-order valence-electron chi connectivity index (χ2n) is 0. The molecule has 0 N–H and O–H groups in total. The van der Waals surface area contributed by atoms with Crippen molar-refractivity contribution in [3.05, 3.63) is 0 Å². The van der Waals surface area contributed by atoms with Crippen LogP contribution in [0.4, 0.5) is 0 Å². The fourth-order valence-electron chi connectivity index (χ4n) is 0. The van der Waals surface area contributed by atoms with Crippen molar-refractivity contribution in [1.29, 1.82) is 0 Å². The third-order valence-corrected chi connectivity index (χ3v) is 0. The SMILES string of the molecule is [BaH2].[SrH2].[Ti].[W]. The van der Waals surface area contributed by atoms with Gasteiger partial charge >= 0.3 is 94.4 Å². The predicted octanol–water partition coefficient (Wildman–Crippen LogP) is -1.84. The molecule has 0 aliphatic rings. The maximum atomic E-state index is 0. The van der Waals surface area contributed by atoms with Crippen molar-refractivity contribution in [3.8, 4) is 0 Å². The molecule has 0 aliphatic heterocycles. The van der Waals surface area contributed by atoms with E-state index >= 15 is 0 Å². The molecule has 0 amide bonds. The van der Waals surface area contributed by atoms with Crippen LogP contribution in [0.25, 0.3) is 0 Å². The summed E-state index contributed by atoms with van der Waals surface area (Å²) in [6.45, 7) is 0.